The van der Waals surface area contributed by atoms with E-state index in [1.165, 1.54) is 36.0 Å². The van der Waals surface area contributed by atoms with Crippen LogP contribution in [-0.4, -0.2) is 44.5 Å². The number of nitrogens with zero attached hydrogens (tertiary/aromatic N) is 1. The Morgan fingerprint density at radius 3 is 2.12 bits per heavy atom. The molecule has 1 fully saturated rings. The van der Waals surface area contributed by atoms with Crippen molar-refractivity contribution in [3.05, 3.63) is 34.9 Å². The summed E-state index contributed by atoms with van der Waals surface area (Å²) < 4.78 is 6.15. The molecule has 0 aromatic carbocycles. The van der Waals surface area contributed by atoms with E-state index in [4.69, 9.17) is 4.74 Å². The second-order valence-electron chi connectivity index (χ2n) is 9.48. The van der Waals surface area contributed by atoms with Gasteiger partial charge in [-0.05, 0) is 58.8 Å². The van der Waals surface area contributed by atoms with Gasteiger partial charge in [-0.25, -0.2) is 0 Å². The Balaban J connectivity index is 2.39. The molecule has 2 nitrogen and oxygen atoms in total. The Hall–Kier alpha value is -0.795. The fourth-order valence-corrected chi connectivity index (χ4v) is 3.29. The molecule has 0 aromatic rings. The molecule has 2 atom stereocenters. The van der Waals surface area contributed by atoms with Gasteiger partial charge in [0.1, 0.15) is 7.85 Å². The summed E-state index contributed by atoms with van der Waals surface area (Å²) in [5.74, 6) is 0. The van der Waals surface area contributed by atoms with Gasteiger partial charge in [-0.1, -0.05) is 55.7 Å². The van der Waals surface area contributed by atoms with Gasteiger partial charge in [0.2, 0.25) is 0 Å². The molecule has 1 rings (SSSR count). The lowest BCUT2D eigenvalue weighted by molar-refractivity contribution is -0.0942. The molecule has 1 saturated heterocycles. The highest BCUT2D eigenvalue weighted by atomic mass is 16.5. The number of hydrogen-bond acceptors (Lipinski definition) is 2. The second-order valence-corrected chi connectivity index (χ2v) is 9.48. The van der Waals surface area contributed by atoms with Crippen LogP contribution < -0.4 is 0 Å². The summed E-state index contributed by atoms with van der Waals surface area (Å²) in [4.78, 5) is 2.55. The summed E-state index contributed by atoms with van der Waals surface area (Å²) in [6.07, 6.45) is 12.2. The average molecular weight is 359 g/mol. The molecular weight excluding hydrogens is 317 g/mol. The fourth-order valence-electron chi connectivity index (χ4n) is 3.29. The highest BCUT2D eigenvalue weighted by Crippen LogP contribution is 2.27. The molecule has 1 aliphatic heterocycles. The van der Waals surface area contributed by atoms with Crippen molar-refractivity contribution in [2.45, 2.75) is 86.3 Å². The minimum atomic E-state index is 0.208. The van der Waals surface area contributed by atoms with E-state index in [-0.39, 0.29) is 5.41 Å². The summed E-state index contributed by atoms with van der Waals surface area (Å²) in [5, 5.41) is 0. The van der Waals surface area contributed by atoms with Gasteiger partial charge in [-0.3, -0.25) is 4.90 Å². The number of hydrogen-bond donors (Lipinski definition) is 0. The molecule has 1 heterocycles. The standard InChI is InChI=1S/C23H42BNO/c1-18(2)10-8-11-19(3)12-9-13-20(4)14-15-25-16-21(23(5,6)7)26-22(24)17-25/h10,12,14,21-22H,8-9,11,13,15-17,24H2,1-7H3/b19-12+,20-14+. The maximum atomic E-state index is 6.15. The summed E-state index contributed by atoms with van der Waals surface area (Å²) in [7, 11) is 2.20. The highest BCUT2D eigenvalue weighted by Gasteiger charge is 2.32. The zero-order chi connectivity index (χ0) is 19.7. The van der Waals surface area contributed by atoms with Crippen LogP contribution in [0, 0.1) is 5.41 Å². The minimum Gasteiger partial charge on any atom is -0.381 e. The van der Waals surface area contributed by atoms with Gasteiger partial charge in [0.05, 0.1) is 6.10 Å². The van der Waals surface area contributed by atoms with Crippen LogP contribution in [0.1, 0.15) is 74.1 Å². The Labute approximate surface area is 164 Å². The molecule has 0 spiro atoms. The molecule has 3 heteroatoms. The molecule has 0 saturated carbocycles. The van der Waals surface area contributed by atoms with Gasteiger partial charge in [0.25, 0.3) is 0 Å². The fraction of sp³-hybridized carbons (Fsp3) is 0.739. The lowest BCUT2D eigenvalue weighted by atomic mass is 9.85. The molecular formula is C23H42BNO. The predicted octanol–water partition coefficient (Wildman–Crippen LogP) is 5.11. The quantitative estimate of drug-likeness (QED) is 0.441. The third-order valence-corrected chi connectivity index (χ3v) is 5.12. The van der Waals surface area contributed by atoms with Crippen molar-refractivity contribution in [2.75, 3.05) is 19.6 Å². The van der Waals surface area contributed by atoms with Crippen molar-refractivity contribution in [3.63, 3.8) is 0 Å². The van der Waals surface area contributed by atoms with Gasteiger partial charge in [0.15, 0.2) is 0 Å². The van der Waals surface area contributed by atoms with Crippen LogP contribution in [0.25, 0.3) is 0 Å². The largest absolute Gasteiger partial charge is 0.381 e. The number of rotatable bonds is 8. The number of ether oxygens (including phenoxy) is 1. The van der Waals surface area contributed by atoms with Crippen LogP contribution in [0.3, 0.4) is 0 Å². The second kappa shape index (κ2) is 11.1. The van der Waals surface area contributed by atoms with E-state index in [1.807, 2.05) is 0 Å². The molecule has 2 unspecified atom stereocenters. The van der Waals surface area contributed by atoms with E-state index in [1.54, 1.807) is 0 Å². The molecule has 26 heavy (non-hydrogen) atoms. The lowest BCUT2D eigenvalue weighted by Crippen LogP contribution is -2.52. The van der Waals surface area contributed by atoms with Gasteiger partial charge in [-0.2, -0.15) is 0 Å². The first-order chi connectivity index (χ1) is 12.1. The van der Waals surface area contributed by atoms with Crippen molar-refractivity contribution in [2.24, 2.45) is 5.41 Å². The van der Waals surface area contributed by atoms with Gasteiger partial charge >= 0.3 is 0 Å². The molecule has 1 aliphatic rings. The predicted molar refractivity (Wildman–Crippen MR) is 119 cm³/mol. The zero-order valence-corrected chi connectivity index (χ0v) is 18.7. The van der Waals surface area contributed by atoms with E-state index in [0.29, 0.717) is 12.1 Å². The lowest BCUT2D eigenvalue weighted by Gasteiger charge is -2.42. The third-order valence-electron chi connectivity index (χ3n) is 5.12. The van der Waals surface area contributed by atoms with Crippen molar-refractivity contribution >= 4 is 7.85 Å². The summed E-state index contributed by atoms with van der Waals surface area (Å²) in [6, 6.07) is 0.327. The number of morpholine rings is 1. The first-order valence-electron chi connectivity index (χ1n) is 10.4. The van der Waals surface area contributed by atoms with E-state index in [2.05, 4.69) is 79.4 Å². The van der Waals surface area contributed by atoms with Gasteiger partial charge in [0, 0.05) is 25.6 Å². The Morgan fingerprint density at radius 2 is 1.54 bits per heavy atom. The minimum absolute atomic E-state index is 0.208. The van der Waals surface area contributed by atoms with Crippen LogP contribution in [-0.2, 0) is 4.74 Å². The van der Waals surface area contributed by atoms with Crippen molar-refractivity contribution in [3.8, 4) is 0 Å². The van der Waals surface area contributed by atoms with Crippen LogP contribution in [0.2, 0.25) is 0 Å². The molecule has 0 radical (unpaired) electrons. The molecule has 0 bridgehead atoms. The molecule has 0 aromatic heterocycles. The molecule has 148 valence electrons. The van der Waals surface area contributed by atoms with Crippen molar-refractivity contribution in [1.82, 2.24) is 4.90 Å². The Morgan fingerprint density at radius 1 is 0.962 bits per heavy atom. The monoisotopic (exact) mass is 359 g/mol. The first-order valence-corrected chi connectivity index (χ1v) is 10.4. The van der Waals surface area contributed by atoms with Crippen LogP contribution in [0.4, 0.5) is 0 Å². The normalized spacial score (nSPS) is 23.2. The number of allylic oxidation sites excluding steroid dienone is 5. The summed E-state index contributed by atoms with van der Waals surface area (Å²) >= 11 is 0. The Bertz CT molecular complexity index is 509. The molecule has 0 aliphatic carbocycles. The summed E-state index contributed by atoms with van der Waals surface area (Å²) in [5.41, 5.74) is 4.65. The van der Waals surface area contributed by atoms with Crippen molar-refractivity contribution < 1.29 is 4.74 Å². The Kier molecular flexibility index (Phi) is 9.96. The van der Waals surface area contributed by atoms with Crippen molar-refractivity contribution in [1.29, 1.82) is 0 Å². The van der Waals surface area contributed by atoms with E-state index in [9.17, 15) is 0 Å². The van der Waals surface area contributed by atoms with E-state index < -0.39 is 0 Å². The molecule has 0 amide bonds. The first kappa shape index (κ1) is 23.2. The summed E-state index contributed by atoms with van der Waals surface area (Å²) in [6.45, 7) is 18.9. The maximum Gasteiger partial charge on any atom is 0.140 e. The zero-order valence-electron chi connectivity index (χ0n) is 18.7. The highest BCUT2D eigenvalue weighted by molar-refractivity contribution is 6.11. The SMILES string of the molecule is BC1CN(C/C=C(\C)CC/C=C(\C)CCC=C(C)C)CC(C(C)(C)C)O1. The van der Waals surface area contributed by atoms with Crippen LogP contribution in [0.15, 0.2) is 34.9 Å². The van der Waals surface area contributed by atoms with E-state index in [0.717, 1.165) is 26.1 Å². The average Bonchev–Trinajstić information content (AvgIpc) is 2.51. The van der Waals surface area contributed by atoms with Gasteiger partial charge in [-0.15, -0.1) is 0 Å². The third kappa shape index (κ3) is 9.78. The van der Waals surface area contributed by atoms with Gasteiger partial charge < -0.3 is 4.74 Å². The molecule has 0 N–H and O–H groups in total. The van der Waals surface area contributed by atoms with Crippen LogP contribution >= 0.6 is 0 Å². The topological polar surface area (TPSA) is 12.5 Å². The van der Waals surface area contributed by atoms with Crippen LogP contribution in [0.5, 0.6) is 0 Å². The van der Waals surface area contributed by atoms with E-state index >= 15 is 0 Å². The smallest absolute Gasteiger partial charge is 0.140 e. The maximum absolute atomic E-state index is 6.15.